The molecule has 0 nitrogen and oxygen atoms in total. The summed E-state index contributed by atoms with van der Waals surface area (Å²) in [5, 5.41) is 0. The highest BCUT2D eigenvalue weighted by Gasteiger charge is 2.02. The van der Waals surface area contributed by atoms with E-state index in [1.54, 1.807) is 11.8 Å². The number of benzene rings is 2. The fraction of sp³-hybridized carbons (Fsp3) is 0.0769. The zero-order valence-electron chi connectivity index (χ0n) is 8.41. The summed E-state index contributed by atoms with van der Waals surface area (Å²) in [5.74, 6) is -0.194. The minimum atomic E-state index is -0.194. The van der Waals surface area contributed by atoms with Crippen molar-refractivity contribution in [1.82, 2.24) is 0 Å². The Balaban J connectivity index is 2.49. The van der Waals surface area contributed by atoms with Crippen LogP contribution < -0.4 is 0 Å². The molecule has 0 spiro atoms. The highest BCUT2D eigenvalue weighted by Crippen LogP contribution is 2.29. The van der Waals surface area contributed by atoms with Gasteiger partial charge in [0.25, 0.3) is 0 Å². The molecular formula is C13H11FS. The van der Waals surface area contributed by atoms with Crippen LogP contribution >= 0.6 is 11.8 Å². The predicted molar refractivity (Wildman–Crippen MR) is 63.6 cm³/mol. The van der Waals surface area contributed by atoms with Gasteiger partial charge < -0.3 is 0 Å². The molecule has 0 aromatic heterocycles. The standard InChI is InChI=1S/C13H11FS/c1-15-13-5-3-2-4-12(13)10-6-8-11(14)9-7-10/h2-9H,1H3. The fourth-order valence-corrected chi connectivity index (χ4v) is 2.13. The third-order valence-corrected chi connectivity index (χ3v) is 3.06. The van der Waals surface area contributed by atoms with Crippen LogP contribution in [0.3, 0.4) is 0 Å². The van der Waals surface area contributed by atoms with E-state index in [1.165, 1.54) is 17.0 Å². The Morgan fingerprint density at radius 2 is 1.60 bits per heavy atom. The Kier molecular flexibility index (Phi) is 3.07. The molecule has 0 amide bonds. The molecule has 76 valence electrons. The van der Waals surface area contributed by atoms with E-state index in [4.69, 9.17) is 0 Å². The summed E-state index contributed by atoms with van der Waals surface area (Å²) < 4.78 is 12.8. The second-order valence-corrected chi connectivity index (χ2v) is 4.06. The van der Waals surface area contributed by atoms with Gasteiger partial charge in [-0.1, -0.05) is 30.3 Å². The minimum Gasteiger partial charge on any atom is -0.207 e. The molecule has 0 fully saturated rings. The summed E-state index contributed by atoms with van der Waals surface area (Å²) in [6, 6.07) is 14.7. The lowest BCUT2D eigenvalue weighted by atomic mass is 10.1. The lowest BCUT2D eigenvalue weighted by Gasteiger charge is -2.06. The molecule has 0 heterocycles. The van der Waals surface area contributed by atoms with Gasteiger partial charge in [-0.3, -0.25) is 0 Å². The SMILES string of the molecule is CSc1ccccc1-c1ccc(F)cc1. The molecule has 2 aromatic rings. The molecule has 2 heteroatoms. The van der Waals surface area contributed by atoms with E-state index in [0.29, 0.717) is 0 Å². The Bertz CT molecular complexity index is 448. The van der Waals surface area contributed by atoms with Gasteiger partial charge in [0.1, 0.15) is 5.82 Å². The van der Waals surface area contributed by atoms with Crippen molar-refractivity contribution in [2.75, 3.05) is 6.26 Å². The molecule has 2 aromatic carbocycles. The number of hydrogen-bond donors (Lipinski definition) is 0. The van der Waals surface area contributed by atoms with Crippen molar-refractivity contribution in [3.63, 3.8) is 0 Å². The molecule has 15 heavy (non-hydrogen) atoms. The third kappa shape index (κ3) is 2.21. The summed E-state index contributed by atoms with van der Waals surface area (Å²) in [7, 11) is 0. The van der Waals surface area contributed by atoms with Crippen LogP contribution in [0, 0.1) is 5.82 Å². The molecular weight excluding hydrogens is 207 g/mol. The molecule has 0 aliphatic rings. The largest absolute Gasteiger partial charge is 0.207 e. The Morgan fingerprint density at radius 3 is 2.27 bits per heavy atom. The zero-order valence-corrected chi connectivity index (χ0v) is 9.22. The van der Waals surface area contributed by atoms with Crippen LogP contribution in [0.4, 0.5) is 4.39 Å². The second-order valence-electron chi connectivity index (χ2n) is 3.21. The molecule has 0 bridgehead atoms. The van der Waals surface area contributed by atoms with Crippen LogP contribution in [0.2, 0.25) is 0 Å². The zero-order chi connectivity index (χ0) is 10.7. The van der Waals surface area contributed by atoms with Gasteiger partial charge in [0.15, 0.2) is 0 Å². The van der Waals surface area contributed by atoms with Gasteiger partial charge in [0.05, 0.1) is 0 Å². The van der Waals surface area contributed by atoms with E-state index in [0.717, 1.165) is 11.1 Å². The van der Waals surface area contributed by atoms with Crippen molar-refractivity contribution >= 4 is 11.8 Å². The molecule has 2 rings (SSSR count). The fourth-order valence-electron chi connectivity index (χ4n) is 1.51. The highest BCUT2D eigenvalue weighted by atomic mass is 32.2. The first-order chi connectivity index (χ1) is 7.31. The Hall–Kier alpha value is -1.28. The maximum Gasteiger partial charge on any atom is 0.123 e. The smallest absolute Gasteiger partial charge is 0.123 e. The van der Waals surface area contributed by atoms with Crippen molar-refractivity contribution < 1.29 is 4.39 Å². The highest BCUT2D eigenvalue weighted by molar-refractivity contribution is 7.98. The van der Waals surface area contributed by atoms with Crippen LogP contribution in [0.1, 0.15) is 0 Å². The van der Waals surface area contributed by atoms with Crippen LogP contribution in [-0.2, 0) is 0 Å². The van der Waals surface area contributed by atoms with Crippen molar-refractivity contribution in [1.29, 1.82) is 0 Å². The number of halogens is 1. The van der Waals surface area contributed by atoms with Gasteiger partial charge in [-0.05, 0) is 35.6 Å². The van der Waals surface area contributed by atoms with Gasteiger partial charge in [0, 0.05) is 4.90 Å². The average molecular weight is 218 g/mol. The van der Waals surface area contributed by atoms with Crippen molar-refractivity contribution in [2.45, 2.75) is 4.90 Å². The average Bonchev–Trinajstić information content (AvgIpc) is 2.30. The first-order valence-electron chi connectivity index (χ1n) is 4.70. The van der Waals surface area contributed by atoms with Gasteiger partial charge in [-0.15, -0.1) is 11.8 Å². The van der Waals surface area contributed by atoms with Gasteiger partial charge >= 0.3 is 0 Å². The molecule has 0 radical (unpaired) electrons. The monoisotopic (exact) mass is 218 g/mol. The van der Waals surface area contributed by atoms with Crippen LogP contribution in [0.5, 0.6) is 0 Å². The van der Waals surface area contributed by atoms with Crippen molar-refractivity contribution in [3.8, 4) is 11.1 Å². The number of rotatable bonds is 2. The first-order valence-corrected chi connectivity index (χ1v) is 5.92. The maximum absolute atomic E-state index is 12.8. The van der Waals surface area contributed by atoms with Crippen LogP contribution in [0.25, 0.3) is 11.1 Å². The lowest BCUT2D eigenvalue weighted by Crippen LogP contribution is -1.81. The summed E-state index contributed by atoms with van der Waals surface area (Å²) in [6.07, 6.45) is 2.04. The quantitative estimate of drug-likeness (QED) is 0.680. The lowest BCUT2D eigenvalue weighted by molar-refractivity contribution is 0.628. The van der Waals surface area contributed by atoms with E-state index in [1.807, 2.05) is 30.5 Å². The molecule has 0 aliphatic carbocycles. The van der Waals surface area contributed by atoms with Crippen LogP contribution in [-0.4, -0.2) is 6.26 Å². The first kappa shape index (κ1) is 10.2. The van der Waals surface area contributed by atoms with Crippen LogP contribution in [0.15, 0.2) is 53.4 Å². The molecule has 0 unspecified atom stereocenters. The Labute approximate surface area is 93.1 Å². The normalized spacial score (nSPS) is 10.3. The molecule has 0 atom stereocenters. The molecule has 0 saturated carbocycles. The molecule has 0 saturated heterocycles. The number of thioether (sulfide) groups is 1. The second kappa shape index (κ2) is 4.49. The summed E-state index contributed by atoms with van der Waals surface area (Å²) in [6.45, 7) is 0. The topological polar surface area (TPSA) is 0 Å². The van der Waals surface area contributed by atoms with E-state index in [-0.39, 0.29) is 5.82 Å². The third-order valence-electron chi connectivity index (χ3n) is 2.26. The van der Waals surface area contributed by atoms with E-state index < -0.39 is 0 Å². The van der Waals surface area contributed by atoms with Crippen molar-refractivity contribution in [2.24, 2.45) is 0 Å². The summed E-state index contributed by atoms with van der Waals surface area (Å²) >= 11 is 1.70. The van der Waals surface area contributed by atoms with Gasteiger partial charge in [-0.2, -0.15) is 0 Å². The summed E-state index contributed by atoms with van der Waals surface area (Å²) in [4.78, 5) is 1.21. The maximum atomic E-state index is 12.8. The van der Waals surface area contributed by atoms with E-state index in [9.17, 15) is 4.39 Å². The Morgan fingerprint density at radius 1 is 0.933 bits per heavy atom. The number of hydrogen-bond acceptors (Lipinski definition) is 1. The van der Waals surface area contributed by atoms with E-state index in [2.05, 4.69) is 12.1 Å². The predicted octanol–water partition coefficient (Wildman–Crippen LogP) is 4.21. The minimum absolute atomic E-state index is 0.194. The van der Waals surface area contributed by atoms with Crippen molar-refractivity contribution in [3.05, 3.63) is 54.3 Å². The van der Waals surface area contributed by atoms with Gasteiger partial charge in [0.2, 0.25) is 0 Å². The molecule has 0 aliphatic heterocycles. The van der Waals surface area contributed by atoms with E-state index >= 15 is 0 Å². The molecule has 0 N–H and O–H groups in total. The van der Waals surface area contributed by atoms with Gasteiger partial charge in [-0.25, -0.2) is 4.39 Å². The summed E-state index contributed by atoms with van der Waals surface area (Å²) in [5.41, 5.74) is 2.21.